The maximum absolute atomic E-state index is 9.00. The Bertz CT molecular complexity index is 572. The highest BCUT2D eigenvalue weighted by molar-refractivity contribution is 7.12. The van der Waals surface area contributed by atoms with Gasteiger partial charge in [0.2, 0.25) is 0 Å². The van der Waals surface area contributed by atoms with Crippen molar-refractivity contribution < 1.29 is 15.0 Å². The molecule has 3 nitrogen and oxygen atoms in total. The van der Waals surface area contributed by atoms with Gasteiger partial charge in [0.05, 0.1) is 11.5 Å². The van der Waals surface area contributed by atoms with Crippen LogP contribution >= 0.6 is 11.3 Å². The van der Waals surface area contributed by atoms with Gasteiger partial charge in [0, 0.05) is 17.4 Å². The number of hydrogen-bond acceptors (Lipinski definition) is 3. The second-order valence-corrected chi connectivity index (χ2v) is 4.73. The first-order chi connectivity index (χ1) is 9.11. The number of carboxylic acids is 1. The first-order valence-corrected chi connectivity index (χ1v) is 6.39. The van der Waals surface area contributed by atoms with Crippen LogP contribution in [-0.4, -0.2) is 16.2 Å². The van der Waals surface area contributed by atoms with Crippen molar-refractivity contribution in [3.8, 4) is 11.8 Å². The van der Waals surface area contributed by atoms with Crippen molar-refractivity contribution in [2.24, 2.45) is 0 Å². The molecule has 4 heteroatoms. The minimum Gasteiger partial charge on any atom is -0.481 e. The SMILES string of the molecule is CC(=O)O.OCc1ccc(C#Cc2ccccc2)s1. The van der Waals surface area contributed by atoms with E-state index in [2.05, 4.69) is 11.8 Å². The molecule has 0 atom stereocenters. The Balaban J connectivity index is 0.000000399. The zero-order chi connectivity index (χ0) is 14.1. The fourth-order valence-electron chi connectivity index (χ4n) is 1.19. The minimum atomic E-state index is -0.833. The standard InChI is InChI=1S/C13H10OS.C2H4O2/c14-10-13-9-8-12(15-13)7-6-11-4-2-1-3-5-11;1-2(3)4/h1-5,8-9,14H,10H2;1H3,(H,3,4). The Labute approximate surface area is 116 Å². The summed E-state index contributed by atoms with van der Waals surface area (Å²) in [6, 6.07) is 13.7. The largest absolute Gasteiger partial charge is 0.481 e. The van der Waals surface area contributed by atoms with Crippen molar-refractivity contribution in [3.63, 3.8) is 0 Å². The smallest absolute Gasteiger partial charge is 0.300 e. The predicted octanol–water partition coefficient (Wildman–Crippen LogP) is 2.73. The molecule has 0 bridgehead atoms. The third-order valence-corrected chi connectivity index (χ3v) is 2.91. The molecule has 98 valence electrons. The fourth-order valence-corrected chi connectivity index (χ4v) is 1.91. The second kappa shape index (κ2) is 8.09. The average Bonchev–Trinajstić information content (AvgIpc) is 2.85. The number of carboxylic acid groups (broad SMARTS) is 1. The number of aliphatic hydroxyl groups excluding tert-OH is 1. The molecule has 2 rings (SSSR count). The van der Waals surface area contributed by atoms with Crippen molar-refractivity contribution in [3.05, 3.63) is 57.8 Å². The third kappa shape index (κ3) is 6.41. The first-order valence-electron chi connectivity index (χ1n) is 5.58. The van der Waals surface area contributed by atoms with Gasteiger partial charge in [-0.15, -0.1) is 11.3 Å². The van der Waals surface area contributed by atoms with E-state index in [-0.39, 0.29) is 6.61 Å². The molecule has 0 fully saturated rings. The van der Waals surface area contributed by atoms with E-state index in [1.165, 1.54) is 11.3 Å². The van der Waals surface area contributed by atoms with Crippen LogP contribution in [0.15, 0.2) is 42.5 Å². The van der Waals surface area contributed by atoms with Crippen LogP contribution < -0.4 is 0 Å². The molecule has 0 saturated heterocycles. The molecule has 0 spiro atoms. The topological polar surface area (TPSA) is 57.5 Å². The molecule has 19 heavy (non-hydrogen) atoms. The van der Waals surface area contributed by atoms with E-state index >= 15 is 0 Å². The van der Waals surface area contributed by atoms with Crippen molar-refractivity contribution in [2.75, 3.05) is 0 Å². The summed E-state index contributed by atoms with van der Waals surface area (Å²) in [5, 5.41) is 16.3. The highest BCUT2D eigenvalue weighted by atomic mass is 32.1. The van der Waals surface area contributed by atoms with Crippen molar-refractivity contribution in [1.82, 2.24) is 0 Å². The van der Waals surface area contributed by atoms with Crippen LogP contribution in [0.1, 0.15) is 22.2 Å². The molecule has 1 aromatic heterocycles. The molecule has 0 radical (unpaired) electrons. The van der Waals surface area contributed by atoms with Gasteiger partial charge in [0.1, 0.15) is 0 Å². The first kappa shape index (κ1) is 15.0. The third-order valence-electron chi connectivity index (χ3n) is 1.92. The van der Waals surface area contributed by atoms with Gasteiger partial charge in [-0.1, -0.05) is 30.0 Å². The lowest BCUT2D eigenvalue weighted by molar-refractivity contribution is -0.134. The summed E-state index contributed by atoms with van der Waals surface area (Å²) >= 11 is 1.53. The number of aliphatic carboxylic acids is 1. The Hall–Kier alpha value is -2.09. The molecule has 2 N–H and O–H groups in total. The molecule has 0 saturated carbocycles. The maximum atomic E-state index is 9.00. The van der Waals surface area contributed by atoms with Gasteiger partial charge in [-0.2, -0.15) is 0 Å². The number of benzene rings is 1. The summed E-state index contributed by atoms with van der Waals surface area (Å²) in [4.78, 5) is 10.9. The van der Waals surface area contributed by atoms with Crippen LogP contribution in [0.25, 0.3) is 0 Å². The lowest BCUT2D eigenvalue weighted by Gasteiger charge is -1.85. The van der Waals surface area contributed by atoms with Crippen LogP contribution in [0.2, 0.25) is 0 Å². The number of hydrogen-bond donors (Lipinski definition) is 2. The number of aliphatic hydroxyl groups is 1. The van der Waals surface area contributed by atoms with E-state index in [1.54, 1.807) is 0 Å². The monoisotopic (exact) mass is 274 g/mol. The molecule has 0 aliphatic rings. The van der Waals surface area contributed by atoms with Gasteiger partial charge in [-0.25, -0.2) is 0 Å². The van der Waals surface area contributed by atoms with E-state index in [1.807, 2.05) is 42.5 Å². The Morgan fingerprint density at radius 1 is 1.16 bits per heavy atom. The van der Waals surface area contributed by atoms with Gasteiger partial charge in [0.25, 0.3) is 5.97 Å². The fraction of sp³-hybridized carbons (Fsp3) is 0.133. The van der Waals surface area contributed by atoms with Crippen LogP contribution in [0.3, 0.4) is 0 Å². The highest BCUT2D eigenvalue weighted by Gasteiger charge is 1.94. The van der Waals surface area contributed by atoms with Crippen LogP contribution in [0, 0.1) is 11.8 Å². The number of carbonyl (C=O) groups is 1. The summed E-state index contributed by atoms with van der Waals surface area (Å²) in [6.45, 7) is 1.18. The van der Waals surface area contributed by atoms with Crippen molar-refractivity contribution in [2.45, 2.75) is 13.5 Å². The van der Waals surface area contributed by atoms with Gasteiger partial charge >= 0.3 is 0 Å². The van der Waals surface area contributed by atoms with E-state index in [0.29, 0.717) is 0 Å². The van der Waals surface area contributed by atoms with Gasteiger partial charge in [0.15, 0.2) is 0 Å². The van der Waals surface area contributed by atoms with E-state index in [4.69, 9.17) is 15.0 Å². The molecule has 1 heterocycles. The molecule has 0 aliphatic heterocycles. The number of thiophene rings is 1. The Kier molecular flexibility index (Phi) is 6.37. The summed E-state index contributed by atoms with van der Waals surface area (Å²) in [6.07, 6.45) is 0. The van der Waals surface area contributed by atoms with Crippen LogP contribution in [0.5, 0.6) is 0 Å². The van der Waals surface area contributed by atoms with Gasteiger partial charge < -0.3 is 10.2 Å². The van der Waals surface area contributed by atoms with Gasteiger partial charge in [-0.05, 0) is 24.3 Å². The molecular formula is C15H14O3S. The molecular weight excluding hydrogens is 260 g/mol. The van der Waals surface area contributed by atoms with E-state index in [9.17, 15) is 0 Å². The molecule has 1 aromatic carbocycles. The maximum Gasteiger partial charge on any atom is 0.300 e. The summed E-state index contributed by atoms with van der Waals surface area (Å²) < 4.78 is 0. The summed E-state index contributed by atoms with van der Waals surface area (Å²) in [5.74, 6) is 5.32. The van der Waals surface area contributed by atoms with Gasteiger partial charge in [-0.3, -0.25) is 4.79 Å². The second-order valence-electron chi connectivity index (χ2n) is 3.56. The predicted molar refractivity (Wildman–Crippen MR) is 76.0 cm³/mol. The Morgan fingerprint density at radius 3 is 2.32 bits per heavy atom. The lowest BCUT2D eigenvalue weighted by atomic mass is 10.2. The van der Waals surface area contributed by atoms with Crippen molar-refractivity contribution >= 4 is 17.3 Å². The normalized spacial score (nSPS) is 8.74. The van der Waals surface area contributed by atoms with Crippen LogP contribution in [0.4, 0.5) is 0 Å². The summed E-state index contributed by atoms with van der Waals surface area (Å²) in [7, 11) is 0. The number of rotatable bonds is 1. The lowest BCUT2D eigenvalue weighted by Crippen LogP contribution is -1.78. The molecule has 0 unspecified atom stereocenters. The quantitative estimate of drug-likeness (QED) is 0.786. The zero-order valence-corrected chi connectivity index (χ0v) is 11.3. The van der Waals surface area contributed by atoms with Crippen molar-refractivity contribution in [1.29, 1.82) is 0 Å². The van der Waals surface area contributed by atoms with E-state index in [0.717, 1.165) is 22.2 Å². The summed E-state index contributed by atoms with van der Waals surface area (Å²) in [5.41, 5.74) is 1.01. The average molecular weight is 274 g/mol. The van der Waals surface area contributed by atoms with E-state index < -0.39 is 5.97 Å². The molecule has 0 amide bonds. The minimum absolute atomic E-state index is 0.0949. The molecule has 0 aliphatic carbocycles. The highest BCUT2D eigenvalue weighted by Crippen LogP contribution is 2.14. The zero-order valence-electron chi connectivity index (χ0n) is 10.5. The van der Waals surface area contributed by atoms with Crippen LogP contribution in [-0.2, 0) is 11.4 Å². The molecule has 2 aromatic rings. The Morgan fingerprint density at radius 2 is 1.79 bits per heavy atom.